The second-order valence-electron chi connectivity index (χ2n) is 9.28. The number of H-pyrrole nitrogens is 2. The lowest BCUT2D eigenvalue weighted by Gasteiger charge is -2.62. The Balaban J connectivity index is 1.48. The first-order valence-corrected chi connectivity index (χ1v) is 10.5. The van der Waals surface area contributed by atoms with Gasteiger partial charge in [0.25, 0.3) is 5.43 Å². The lowest BCUT2D eigenvalue weighted by molar-refractivity contribution is -0.120. The predicted octanol–water partition coefficient (Wildman–Crippen LogP) is 1.80. The first-order chi connectivity index (χ1) is 14.3. The average Bonchev–Trinajstić information content (AvgIpc) is 2.73. The molecule has 5 rings (SSSR count). The second-order valence-corrected chi connectivity index (χ2v) is 9.28. The molecule has 2 bridgehead atoms. The van der Waals surface area contributed by atoms with Crippen molar-refractivity contribution in [1.29, 1.82) is 0 Å². The molecule has 3 fully saturated rings. The van der Waals surface area contributed by atoms with Gasteiger partial charge in [-0.3, -0.25) is 29.6 Å². The van der Waals surface area contributed by atoms with Crippen molar-refractivity contribution in [3.8, 4) is 0 Å². The molecule has 0 aromatic carbocycles. The molecule has 4 atom stereocenters. The minimum Gasteiger partial charge on any atom is -0.377 e. The van der Waals surface area contributed by atoms with E-state index in [4.69, 9.17) is 0 Å². The molecule has 30 heavy (non-hydrogen) atoms. The third kappa shape index (κ3) is 3.66. The van der Waals surface area contributed by atoms with Crippen LogP contribution < -0.4 is 21.6 Å². The topological polar surface area (TPSA) is 120 Å². The molecule has 2 aromatic rings. The van der Waals surface area contributed by atoms with Crippen molar-refractivity contribution in [3.05, 3.63) is 56.4 Å². The first kappa shape index (κ1) is 20.4. The quantitative estimate of drug-likeness (QED) is 0.541. The molecular weight excluding hydrogens is 382 g/mol. The zero-order valence-electron chi connectivity index (χ0n) is 17.6. The highest BCUT2D eigenvalue weighted by atomic mass is 16.2. The summed E-state index contributed by atoms with van der Waals surface area (Å²) in [6, 6.07) is 3.77. The molecule has 2 aromatic heterocycles. The number of carbonyl (C=O) groups is 1. The Morgan fingerprint density at radius 1 is 1.20 bits per heavy atom. The van der Waals surface area contributed by atoms with Crippen LogP contribution >= 0.6 is 0 Å². The maximum atomic E-state index is 12.6. The molecule has 4 N–H and O–H groups in total. The molecule has 1 amide bonds. The van der Waals surface area contributed by atoms with Gasteiger partial charge in [-0.1, -0.05) is 20.8 Å². The standard InChI is InChI=1S/C22H29N5O3/c1-12-15-8-14(22(15,2)3)9-16(12)25-19-17(26-27-21(30)20(19)29)10-18(28)24-11-13-4-6-23-7-5-13/h4-7,12,14-16H,8-11H2,1-3H3,(H,24,28)(H,26,29)(H2,25,27,30)/t12-,14+,15-,16-/m1/s1. The van der Waals surface area contributed by atoms with Crippen molar-refractivity contribution in [2.24, 2.45) is 23.2 Å². The Morgan fingerprint density at radius 2 is 1.93 bits per heavy atom. The monoisotopic (exact) mass is 411 g/mol. The maximum absolute atomic E-state index is 12.6. The number of aromatic amines is 2. The summed E-state index contributed by atoms with van der Waals surface area (Å²) in [6.45, 7) is 7.21. The number of hydrogen-bond acceptors (Lipinski definition) is 5. The van der Waals surface area contributed by atoms with Crippen LogP contribution in [-0.2, 0) is 17.8 Å². The summed E-state index contributed by atoms with van der Waals surface area (Å²) in [5.41, 5.74) is 0.535. The molecule has 0 unspecified atom stereocenters. The number of fused-ring (bicyclic) bond motifs is 2. The van der Waals surface area contributed by atoms with Gasteiger partial charge in [0, 0.05) is 25.0 Å². The Bertz CT molecular complexity index is 1040. The van der Waals surface area contributed by atoms with Crippen LogP contribution in [-0.4, -0.2) is 27.1 Å². The molecule has 160 valence electrons. The van der Waals surface area contributed by atoms with Gasteiger partial charge in [-0.15, -0.1) is 0 Å². The van der Waals surface area contributed by atoms with Crippen LogP contribution in [0.3, 0.4) is 0 Å². The Hall–Kier alpha value is -2.90. The van der Waals surface area contributed by atoms with Crippen LogP contribution in [0, 0.1) is 23.2 Å². The van der Waals surface area contributed by atoms with E-state index in [1.165, 1.54) is 6.42 Å². The van der Waals surface area contributed by atoms with E-state index in [1.807, 2.05) is 12.1 Å². The van der Waals surface area contributed by atoms with Gasteiger partial charge >= 0.3 is 5.56 Å². The van der Waals surface area contributed by atoms with Gasteiger partial charge in [0.15, 0.2) is 0 Å². The molecule has 0 spiro atoms. The fourth-order valence-electron chi connectivity index (χ4n) is 5.24. The highest BCUT2D eigenvalue weighted by Crippen LogP contribution is 2.61. The molecule has 8 nitrogen and oxygen atoms in total. The Kier molecular flexibility index (Phi) is 5.26. The fraction of sp³-hybridized carbons (Fsp3) is 0.545. The van der Waals surface area contributed by atoms with Crippen molar-refractivity contribution in [2.75, 3.05) is 5.32 Å². The summed E-state index contributed by atoms with van der Waals surface area (Å²) in [7, 11) is 0. The molecular formula is C22H29N5O3. The molecule has 2 heterocycles. The smallest absolute Gasteiger partial charge is 0.312 e. The number of carbonyl (C=O) groups excluding carboxylic acids is 1. The van der Waals surface area contributed by atoms with E-state index >= 15 is 0 Å². The van der Waals surface area contributed by atoms with Crippen LogP contribution in [0.15, 0.2) is 34.1 Å². The number of amides is 1. The van der Waals surface area contributed by atoms with Crippen molar-refractivity contribution >= 4 is 11.6 Å². The molecule has 3 saturated carbocycles. The van der Waals surface area contributed by atoms with E-state index in [1.54, 1.807) is 12.4 Å². The van der Waals surface area contributed by atoms with Crippen LogP contribution in [0.1, 0.15) is 44.9 Å². The molecule has 0 radical (unpaired) electrons. The number of pyridine rings is 1. The average molecular weight is 412 g/mol. The molecule has 0 saturated heterocycles. The summed E-state index contributed by atoms with van der Waals surface area (Å²) >= 11 is 0. The highest BCUT2D eigenvalue weighted by molar-refractivity contribution is 5.79. The van der Waals surface area contributed by atoms with E-state index in [2.05, 4.69) is 46.6 Å². The van der Waals surface area contributed by atoms with Gasteiger partial charge in [-0.05, 0) is 53.7 Å². The van der Waals surface area contributed by atoms with E-state index in [-0.39, 0.29) is 24.1 Å². The Labute approximate surface area is 174 Å². The SMILES string of the molecule is C[C@@H]1[C@H]2C[C@@H](C[C@H]1Nc1c(CC(=O)NCc3ccncc3)[nH][nH]c(=O)c1=O)C2(C)C. The minimum atomic E-state index is -0.715. The summed E-state index contributed by atoms with van der Waals surface area (Å²) < 4.78 is 0. The number of hydrogen-bond donors (Lipinski definition) is 4. The zero-order valence-corrected chi connectivity index (χ0v) is 17.6. The van der Waals surface area contributed by atoms with Crippen LogP contribution in [0.2, 0.25) is 0 Å². The number of nitrogens with one attached hydrogen (secondary N) is 4. The third-order valence-electron chi connectivity index (χ3n) is 7.32. The van der Waals surface area contributed by atoms with Gasteiger partial charge in [0.2, 0.25) is 5.91 Å². The number of nitrogens with zero attached hydrogens (tertiary/aromatic N) is 1. The highest BCUT2D eigenvalue weighted by Gasteiger charge is 2.56. The second kappa shape index (κ2) is 7.74. The zero-order chi connectivity index (χ0) is 21.5. The van der Waals surface area contributed by atoms with E-state index in [0.29, 0.717) is 35.4 Å². The van der Waals surface area contributed by atoms with Crippen molar-refractivity contribution in [1.82, 2.24) is 20.5 Å². The third-order valence-corrected chi connectivity index (χ3v) is 7.32. The van der Waals surface area contributed by atoms with Gasteiger partial charge in [0.1, 0.15) is 5.69 Å². The van der Waals surface area contributed by atoms with Crippen LogP contribution in [0.4, 0.5) is 5.69 Å². The molecule has 0 aliphatic heterocycles. The van der Waals surface area contributed by atoms with Gasteiger partial charge in [-0.25, -0.2) is 0 Å². The van der Waals surface area contributed by atoms with E-state index in [9.17, 15) is 14.4 Å². The van der Waals surface area contributed by atoms with Gasteiger partial charge in [0.05, 0.1) is 12.1 Å². The maximum Gasteiger partial charge on any atom is 0.312 e. The number of rotatable bonds is 6. The fourth-order valence-corrected chi connectivity index (χ4v) is 5.24. The normalized spacial score (nSPS) is 26.5. The largest absolute Gasteiger partial charge is 0.377 e. The number of aromatic nitrogens is 3. The summed E-state index contributed by atoms with van der Waals surface area (Å²) in [5.74, 6) is 1.36. The lowest BCUT2D eigenvalue weighted by atomic mass is 9.45. The molecule has 3 aliphatic carbocycles. The van der Waals surface area contributed by atoms with E-state index in [0.717, 1.165) is 12.0 Å². The van der Waals surface area contributed by atoms with E-state index < -0.39 is 11.0 Å². The molecule has 3 aliphatic rings. The summed E-state index contributed by atoms with van der Waals surface area (Å²) in [5, 5.41) is 11.3. The predicted molar refractivity (Wildman–Crippen MR) is 114 cm³/mol. The van der Waals surface area contributed by atoms with Crippen LogP contribution in [0.5, 0.6) is 0 Å². The lowest BCUT2D eigenvalue weighted by Crippen LogP contribution is -2.58. The van der Waals surface area contributed by atoms with Crippen molar-refractivity contribution in [3.63, 3.8) is 0 Å². The summed E-state index contributed by atoms with van der Waals surface area (Å²) in [6.07, 6.45) is 5.49. The minimum absolute atomic E-state index is 0.0289. The summed E-state index contributed by atoms with van der Waals surface area (Å²) in [4.78, 5) is 40.9. The van der Waals surface area contributed by atoms with Crippen LogP contribution in [0.25, 0.3) is 0 Å². The van der Waals surface area contributed by atoms with Gasteiger partial charge < -0.3 is 10.6 Å². The number of anilines is 1. The Morgan fingerprint density at radius 3 is 2.60 bits per heavy atom. The van der Waals surface area contributed by atoms with Crippen molar-refractivity contribution < 1.29 is 4.79 Å². The van der Waals surface area contributed by atoms with Crippen molar-refractivity contribution in [2.45, 2.75) is 52.6 Å². The molecule has 8 heteroatoms. The first-order valence-electron chi connectivity index (χ1n) is 10.5. The van der Waals surface area contributed by atoms with Gasteiger partial charge in [-0.2, -0.15) is 0 Å².